The molecule has 1 fully saturated rings. The number of hydrogen-bond donors (Lipinski definition) is 4. The van der Waals surface area contributed by atoms with Crippen LogP contribution in [0.4, 0.5) is 4.39 Å². The Labute approximate surface area is 200 Å². The zero-order chi connectivity index (χ0) is 24.8. The topological polar surface area (TPSA) is 129 Å². The predicted molar refractivity (Wildman–Crippen MR) is 126 cm³/mol. The van der Waals surface area contributed by atoms with Crippen LogP contribution in [0.25, 0.3) is 12.3 Å². The van der Waals surface area contributed by atoms with Gasteiger partial charge in [-0.15, -0.1) is 0 Å². The summed E-state index contributed by atoms with van der Waals surface area (Å²) < 4.78 is 13.3. The summed E-state index contributed by atoms with van der Waals surface area (Å²) in [4.78, 5) is 42.0. The minimum atomic E-state index is -0.941. The molecule has 2 aromatic rings. The minimum absolute atomic E-state index is 0.137. The van der Waals surface area contributed by atoms with E-state index in [0.29, 0.717) is 29.0 Å². The first-order chi connectivity index (χ1) is 16.2. The zero-order valence-corrected chi connectivity index (χ0v) is 19.1. The summed E-state index contributed by atoms with van der Waals surface area (Å²) in [6.07, 6.45) is 3.65. The van der Waals surface area contributed by atoms with Crippen molar-refractivity contribution >= 4 is 41.7 Å². The lowest BCUT2D eigenvalue weighted by molar-refractivity contribution is -0.146. The van der Waals surface area contributed by atoms with Crippen LogP contribution in [-0.4, -0.2) is 51.9 Å². The van der Waals surface area contributed by atoms with Gasteiger partial charge in [-0.2, -0.15) is 0 Å². The maximum Gasteiger partial charge on any atom is 0.306 e. The molecule has 1 atom stereocenters. The summed E-state index contributed by atoms with van der Waals surface area (Å²) in [7, 11) is 0. The fraction of sp³-hybridized carbons (Fsp3) is 0.292. The molecule has 2 amide bonds. The molecule has 5 N–H and O–H groups in total. The Hall–Kier alpha value is -3.59. The van der Waals surface area contributed by atoms with Crippen molar-refractivity contribution in [3.8, 4) is 0 Å². The Morgan fingerprint density at radius 2 is 1.94 bits per heavy atom. The monoisotopic (exact) mass is 488 g/mol. The van der Waals surface area contributed by atoms with Gasteiger partial charge in [0.05, 0.1) is 11.3 Å². The normalized spacial score (nSPS) is 16.4. The number of rotatable bonds is 7. The fourth-order valence-electron chi connectivity index (χ4n) is 3.89. The highest BCUT2D eigenvalue weighted by Gasteiger charge is 2.32. The maximum atomic E-state index is 13.3. The van der Waals surface area contributed by atoms with E-state index in [1.54, 1.807) is 29.2 Å². The number of nitrogens with one attached hydrogen (secondary N) is 2. The SMILES string of the molecule is C=C(Cl)/C=c1/cc(C(=O)N[C@@H](Cc2ccc(F)cc2)C(=O)N2CCC(C(=O)O)CC2)[nH]/c1=C/N. The van der Waals surface area contributed by atoms with E-state index in [9.17, 15) is 23.9 Å². The van der Waals surface area contributed by atoms with Crippen LogP contribution in [0.1, 0.15) is 28.9 Å². The molecule has 3 rings (SSSR count). The van der Waals surface area contributed by atoms with E-state index in [1.165, 1.54) is 18.3 Å². The Kier molecular flexibility index (Phi) is 8.12. The highest BCUT2D eigenvalue weighted by atomic mass is 35.5. The average molecular weight is 489 g/mol. The van der Waals surface area contributed by atoms with Crippen LogP contribution in [-0.2, 0) is 16.0 Å². The zero-order valence-electron chi connectivity index (χ0n) is 18.4. The molecule has 0 radical (unpaired) electrons. The van der Waals surface area contributed by atoms with E-state index in [0.717, 1.165) is 0 Å². The van der Waals surface area contributed by atoms with Crippen LogP contribution in [0.3, 0.4) is 0 Å². The molecular formula is C24H26ClFN4O4. The predicted octanol–water partition coefficient (Wildman–Crippen LogP) is 1.05. The van der Waals surface area contributed by atoms with Crippen LogP contribution in [0, 0.1) is 11.7 Å². The molecule has 2 heterocycles. The Balaban J connectivity index is 1.83. The number of H-pyrrole nitrogens is 1. The number of aliphatic carboxylic acids is 1. The van der Waals surface area contributed by atoms with Crippen molar-refractivity contribution in [2.75, 3.05) is 13.1 Å². The molecule has 8 nitrogen and oxygen atoms in total. The summed E-state index contributed by atoms with van der Waals surface area (Å²) in [5.41, 5.74) is 6.45. The van der Waals surface area contributed by atoms with Crippen molar-refractivity contribution in [2.45, 2.75) is 25.3 Å². The van der Waals surface area contributed by atoms with Gasteiger partial charge >= 0.3 is 5.97 Å². The van der Waals surface area contributed by atoms with E-state index >= 15 is 0 Å². The number of halogens is 2. The second-order valence-electron chi connectivity index (χ2n) is 8.10. The number of aromatic amines is 1. The van der Waals surface area contributed by atoms with E-state index in [1.807, 2.05) is 0 Å². The molecule has 1 aliphatic heterocycles. The highest BCUT2D eigenvalue weighted by molar-refractivity contribution is 6.33. The van der Waals surface area contributed by atoms with Crippen LogP contribution >= 0.6 is 11.6 Å². The number of nitrogens with two attached hydrogens (primary N) is 1. The van der Waals surface area contributed by atoms with Crippen LogP contribution in [0.2, 0.25) is 0 Å². The van der Waals surface area contributed by atoms with Crippen molar-refractivity contribution in [1.82, 2.24) is 15.2 Å². The molecule has 0 bridgehead atoms. The van der Waals surface area contributed by atoms with Gasteiger partial charge in [-0.05, 0) is 42.7 Å². The number of carbonyl (C=O) groups excluding carboxylic acids is 2. The van der Waals surface area contributed by atoms with Crippen molar-refractivity contribution in [1.29, 1.82) is 0 Å². The minimum Gasteiger partial charge on any atom is -0.481 e. The van der Waals surface area contributed by atoms with Gasteiger partial charge in [-0.25, -0.2) is 4.39 Å². The summed E-state index contributed by atoms with van der Waals surface area (Å²) in [6.45, 7) is 4.15. The van der Waals surface area contributed by atoms with E-state index in [2.05, 4.69) is 16.9 Å². The third kappa shape index (κ3) is 6.26. The lowest BCUT2D eigenvalue weighted by Gasteiger charge is -2.33. The second-order valence-corrected chi connectivity index (χ2v) is 8.59. The second kappa shape index (κ2) is 11.0. The van der Waals surface area contributed by atoms with Gasteiger partial charge in [0.25, 0.3) is 5.91 Å². The number of hydrogen-bond acceptors (Lipinski definition) is 4. The molecule has 1 saturated heterocycles. The summed E-state index contributed by atoms with van der Waals surface area (Å²) in [5, 5.41) is 13.2. The molecule has 0 aliphatic carbocycles. The van der Waals surface area contributed by atoms with Gasteiger partial charge in [0.15, 0.2) is 0 Å². The first-order valence-electron chi connectivity index (χ1n) is 10.7. The maximum absolute atomic E-state index is 13.3. The molecule has 1 aromatic carbocycles. The first kappa shape index (κ1) is 25.0. The molecule has 0 spiro atoms. The van der Waals surface area contributed by atoms with Crippen LogP contribution in [0.5, 0.6) is 0 Å². The van der Waals surface area contributed by atoms with Gasteiger partial charge < -0.3 is 26.0 Å². The molecule has 0 unspecified atom stereocenters. The van der Waals surface area contributed by atoms with Crippen LogP contribution < -0.4 is 21.6 Å². The number of piperidine rings is 1. The molecule has 1 aliphatic rings. The quantitative estimate of drug-likeness (QED) is 0.463. The lowest BCUT2D eigenvalue weighted by Crippen LogP contribution is -2.52. The standard InChI is InChI=1S/C24H26ClFN4O4/c1-14(25)10-17-12-19(28-21(17)13-27)22(31)29-20(11-15-2-4-18(26)5-3-15)23(32)30-8-6-16(7-9-30)24(33)34/h2-5,10,12-13,16,20,28H,1,6-9,11,27H2,(H,29,31)(H,33,34)/b17-10-,21-13+/t20-/m0/s1. The smallest absolute Gasteiger partial charge is 0.306 e. The molecule has 10 heteroatoms. The van der Waals surface area contributed by atoms with Crippen molar-refractivity contribution in [3.05, 3.63) is 69.6 Å². The van der Waals surface area contributed by atoms with Gasteiger partial charge in [0.1, 0.15) is 17.6 Å². The summed E-state index contributed by atoms with van der Waals surface area (Å²) in [5.74, 6) is -2.66. The highest BCUT2D eigenvalue weighted by Crippen LogP contribution is 2.19. The number of benzene rings is 1. The molecule has 0 saturated carbocycles. The number of nitrogens with zero attached hydrogens (tertiary/aromatic N) is 1. The summed E-state index contributed by atoms with van der Waals surface area (Å²) >= 11 is 5.84. The van der Waals surface area contributed by atoms with Gasteiger partial charge in [-0.1, -0.05) is 30.3 Å². The number of amides is 2. The van der Waals surface area contributed by atoms with Crippen molar-refractivity contribution in [2.24, 2.45) is 11.7 Å². The Morgan fingerprint density at radius 1 is 1.29 bits per heavy atom. The van der Waals surface area contributed by atoms with E-state index < -0.39 is 29.7 Å². The number of likely N-dealkylation sites (tertiary alicyclic amines) is 1. The largest absolute Gasteiger partial charge is 0.481 e. The van der Waals surface area contributed by atoms with Crippen LogP contribution in [0.15, 0.2) is 41.9 Å². The number of carboxylic acids is 1. The molecule has 180 valence electrons. The van der Waals surface area contributed by atoms with E-state index in [4.69, 9.17) is 17.3 Å². The fourth-order valence-corrected chi connectivity index (χ4v) is 4.01. The third-order valence-electron chi connectivity index (χ3n) is 5.72. The molecule has 34 heavy (non-hydrogen) atoms. The number of allylic oxidation sites excluding steroid dienone is 1. The molecular weight excluding hydrogens is 463 g/mol. The lowest BCUT2D eigenvalue weighted by atomic mass is 9.96. The van der Waals surface area contributed by atoms with Crippen molar-refractivity contribution < 1.29 is 23.9 Å². The van der Waals surface area contributed by atoms with Gasteiger partial charge in [0, 0.05) is 36.0 Å². The first-order valence-corrected chi connectivity index (χ1v) is 11.1. The number of aromatic nitrogens is 1. The van der Waals surface area contributed by atoms with E-state index in [-0.39, 0.29) is 36.1 Å². The van der Waals surface area contributed by atoms with Crippen molar-refractivity contribution in [3.63, 3.8) is 0 Å². The number of carboxylic acid groups (broad SMARTS) is 1. The summed E-state index contributed by atoms with van der Waals surface area (Å²) in [6, 6.07) is 6.27. The number of carbonyl (C=O) groups is 3. The Bertz CT molecular complexity index is 1200. The van der Waals surface area contributed by atoms with Gasteiger partial charge in [-0.3, -0.25) is 14.4 Å². The molecule has 1 aromatic heterocycles. The Morgan fingerprint density at radius 3 is 2.50 bits per heavy atom. The van der Waals surface area contributed by atoms with Gasteiger partial charge in [0.2, 0.25) is 5.91 Å². The third-order valence-corrected chi connectivity index (χ3v) is 5.83. The average Bonchev–Trinajstić information content (AvgIpc) is 3.21.